The van der Waals surface area contributed by atoms with Gasteiger partial charge >= 0.3 is 0 Å². The van der Waals surface area contributed by atoms with Crippen molar-refractivity contribution >= 4 is 16.0 Å². The van der Waals surface area contributed by atoms with Crippen molar-refractivity contribution < 1.29 is 13.2 Å². The van der Waals surface area contributed by atoms with Gasteiger partial charge in [0, 0.05) is 31.2 Å². The lowest BCUT2D eigenvalue weighted by molar-refractivity contribution is 0.395. The van der Waals surface area contributed by atoms with Crippen LogP contribution in [0.2, 0.25) is 0 Å². The molecule has 0 bridgehead atoms. The molecule has 8 heteroatoms. The number of nitrogens with one attached hydrogen (secondary N) is 2. The Kier molecular flexibility index (Phi) is 7.69. The highest BCUT2D eigenvalue weighted by molar-refractivity contribution is 7.88. The molecule has 0 aromatic heterocycles. The van der Waals surface area contributed by atoms with Crippen LogP contribution in [0.25, 0.3) is 0 Å². The number of benzene rings is 1. The van der Waals surface area contributed by atoms with Crippen LogP contribution in [-0.4, -0.2) is 58.3 Å². The van der Waals surface area contributed by atoms with Gasteiger partial charge in [-0.1, -0.05) is 18.2 Å². The molecule has 0 aliphatic rings. The minimum Gasteiger partial charge on any atom is -0.496 e. The third kappa shape index (κ3) is 7.74. The number of nitrogens with zero attached hydrogens (tertiary/aromatic N) is 2. The molecule has 7 nitrogen and oxygen atoms in total. The van der Waals surface area contributed by atoms with Gasteiger partial charge in [0.15, 0.2) is 5.96 Å². The fourth-order valence-corrected chi connectivity index (χ4v) is 3.51. The number of para-hydroxylation sites is 1. The number of rotatable bonds is 8. The molecular formula is C17H30N4O3S. The number of aliphatic imine (C=N–C) groups is 1. The first kappa shape index (κ1) is 21.2. The molecule has 1 rings (SSSR count). The normalized spacial score (nSPS) is 12.8. The largest absolute Gasteiger partial charge is 0.496 e. The van der Waals surface area contributed by atoms with Crippen LogP contribution in [0.4, 0.5) is 0 Å². The first-order chi connectivity index (χ1) is 11.6. The van der Waals surface area contributed by atoms with Crippen molar-refractivity contribution in [2.45, 2.75) is 32.9 Å². The number of hydrogen-bond donors (Lipinski definition) is 2. The molecule has 0 aliphatic heterocycles. The molecular weight excluding hydrogens is 340 g/mol. The number of methoxy groups -OCH3 is 1. The van der Waals surface area contributed by atoms with Gasteiger partial charge in [0.1, 0.15) is 5.75 Å². The second kappa shape index (κ2) is 9.05. The summed E-state index contributed by atoms with van der Waals surface area (Å²) >= 11 is 0. The van der Waals surface area contributed by atoms with Crippen LogP contribution in [0, 0.1) is 0 Å². The summed E-state index contributed by atoms with van der Waals surface area (Å²) in [5, 5.41) is 3.23. The predicted molar refractivity (Wildman–Crippen MR) is 102 cm³/mol. The number of guanidine groups is 1. The van der Waals surface area contributed by atoms with E-state index in [1.807, 2.05) is 43.1 Å². The molecule has 1 aromatic rings. The van der Waals surface area contributed by atoms with Crippen LogP contribution in [0.15, 0.2) is 29.3 Å². The average molecular weight is 371 g/mol. The molecule has 0 fully saturated rings. The van der Waals surface area contributed by atoms with Gasteiger partial charge in [-0.3, -0.25) is 4.99 Å². The van der Waals surface area contributed by atoms with E-state index in [4.69, 9.17) is 4.74 Å². The van der Waals surface area contributed by atoms with Crippen LogP contribution in [0.5, 0.6) is 5.75 Å². The third-order valence-electron chi connectivity index (χ3n) is 3.38. The maximum atomic E-state index is 11.5. The lowest BCUT2D eigenvalue weighted by Crippen LogP contribution is -2.46. The van der Waals surface area contributed by atoms with Crippen LogP contribution >= 0.6 is 0 Å². The predicted octanol–water partition coefficient (Wildman–Crippen LogP) is 1.42. The van der Waals surface area contributed by atoms with Crippen LogP contribution in [-0.2, 0) is 16.6 Å². The summed E-state index contributed by atoms with van der Waals surface area (Å²) in [4.78, 5) is 6.57. The highest BCUT2D eigenvalue weighted by Crippen LogP contribution is 2.18. The highest BCUT2D eigenvalue weighted by atomic mass is 32.2. The molecule has 2 N–H and O–H groups in total. The topological polar surface area (TPSA) is 83.0 Å². The van der Waals surface area contributed by atoms with Crippen molar-refractivity contribution in [1.82, 2.24) is 14.9 Å². The second-order valence-corrected chi connectivity index (χ2v) is 8.34. The molecule has 0 spiro atoms. The molecule has 0 saturated carbocycles. The highest BCUT2D eigenvalue weighted by Gasteiger charge is 2.22. The Morgan fingerprint density at radius 2 is 1.96 bits per heavy atom. The molecule has 0 saturated heterocycles. The maximum Gasteiger partial charge on any atom is 0.209 e. The summed E-state index contributed by atoms with van der Waals surface area (Å²) in [5.74, 6) is 1.53. The fourth-order valence-electron chi connectivity index (χ4n) is 2.44. The summed E-state index contributed by atoms with van der Waals surface area (Å²) < 4.78 is 30.9. The van der Waals surface area contributed by atoms with Gasteiger partial charge in [0.25, 0.3) is 0 Å². The Bertz CT molecular complexity index is 687. The Morgan fingerprint density at radius 1 is 1.32 bits per heavy atom. The first-order valence-corrected chi connectivity index (χ1v) is 10.1. The lowest BCUT2D eigenvalue weighted by atomic mass is 10.1. The molecule has 0 heterocycles. The van der Waals surface area contributed by atoms with E-state index >= 15 is 0 Å². The van der Waals surface area contributed by atoms with E-state index in [1.165, 1.54) is 0 Å². The molecule has 142 valence electrons. The summed E-state index contributed by atoms with van der Waals surface area (Å²) in [7, 11) is 0.296. The minimum atomic E-state index is -3.29. The van der Waals surface area contributed by atoms with Gasteiger partial charge in [0.2, 0.25) is 10.0 Å². The van der Waals surface area contributed by atoms with Crippen molar-refractivity contribution in [1.29, 1.82) is 0 Å². The quantitative estimate of drug-likeness (QED) is 0.534. The van der Waals surface area contributed by atoms with Gasteiger partial charge in [0.05, 0.1) is 19.9 Å². The third-order valence-corrected chi connectivity index (χ3v) is 4.31. The summed E-state index contributed by atoms with van der Waals surface area (Å²) in [5.41, 5.74) is 0.381. The van der Waals surface area contributed by atoms with Crippen molar-refractivity contribution in [3.63, 3.8) is 0 Å². The molecule has 25 heavy (non-hydrogen) atoms. The molecule has 0 aliphatic carbocycles. The van der Waals surface area contributed by atoms with E-state index in [0.29, 0.717) is 19.0 Å². The van der Waals surface area contributed by atoms with Crippen molar-refractivity contribution in [3.8, 4) is 5.75 Å². The number of ether oxygens (including phenoxy) is 1. The monoisotopic (exact) mass is 370 g/mol. The Morgan fingerprint density at radius 3 is 2.52 bits per heavy atom. The summed E-state index contributed by atoms with van der Waals surface area (Å²) in [6.07, 6.45) is 1.15. The Labute approximate surface area is 151 Å². The molecule has 0 amide bonds. The van der Waals surface area contributed by atoms with Crippen LogP contribution in [0.3, 0.4) is 0 Å². The summed E-state index contributed by atoms with van der Waals surface area (Å²) in [6.45, 7) is 7.26. The van der Waals surface area contributed by atoms with Crippen molar-refractivity contribution in [3.05, 3.63) is 29.8 Å². The number of sulfonamides is 1. The van der Waals surface area contributed by atoms with E-state index in [1.54, 1.807) is 21.0 Å². The average Bonchev–Trinajstić information content (AvgIpc) is 2.49. The second-order valence-electron chi connectivity index (χ2n) is 6.60. The smallest absolute Gasteiger partial charge is 0.209 e. The molecule has 0 atom stereocenters. The maximum absolute atomic E-state index is 11.5. The molecule has 0 radical (unpaired) electrons. The zero-order valence-electron chi connectivity index (χ0n) is 16.0. The summed E-state index contributed by atoms with van der Waals surface area (Å²) in [6, 6.07) is 7.83. The SMILES string of the molecule is CCNC(=NCC(C)(C)NS(C)(=O)=O)N(C)Cc1ccccc1OC. The van der Waals surface area contributed by atoms with Crippen LogP contribution in [0.1, 0.15) is 26.3 Å². The van der Waals surface area contributed by atoms with E-state index in [9.17, 15) is 8.42 Å². The van der Waals surface area contributed by atoms with E-state index in [-0.39, 0.29) is 0 Å². The van der Waals surface area contributed by atoms with Crippen molar-refractivity contribution in [2.24, 2.45) is 4.99 Å². The van der Waals surface area contributed by atoms with Gasteiger partial charge < -0.3 is 15.0 Å². The zero-order valence-corrected chi connectivity index (χ0v) is 16.8. The first-order valence-electron chi connectivity index (χ1n) is 8.18. The minimum absolute atomic E-state index is 0.318. The van der Waals surface area contributed by atoms with Crippen molar-refractivity contribution in [2.75, 3.05) is 33.5 Å². The molecule has 1 aromatic carbocycles. The van der Waals surface area contributed by atoms with E-state index in [2.05, 4.69) is 15.0 Å². The molecule has 0 unspecified atom stereocenters. The Balaban J connectivity index is 2.90. The van der Waals surface area contributed by atoms with Crippen LogP contribution < -0.4 is 14.8 Å². The van der Waals surface area contributed by atoms with Gasteiger partial charge in [-0.25, -0.2) is 13.1 Å². The lowest BCUT2D eigenvalue weighted by Gasteiger charge is -2.26. The fraction of sp³-hybridized carbons (Fsp3) is 0.588. The Hall–Kier alpha value is -1.80. The van der Waals surface area contributed by atoms with Gasteiger partial charge in [-0.05, 0) is 26.8 Å². The van der Waals surface area contributed by atoms with E-state index < -0.39 is 15.6 Å². The van der Waals surface area contributed by atoms with Gasteiger partial charge in [-0.2, -0.15) is 0 Å². The van der Waals surface area contributed by atoms with E-state index in [0.717, 1.165) is 24.1 Å². The standard InChI is InChI=1S/C17H30N4O3S/c1-7-18-16(19-13-17(2,3)20-25(6,22)23)21(4)12-14-10-8-9-11-15(14)24-5/h8-11,20H,7,12-13H2,1-6H3,(H,18,19). The van der Waals surface area contributed by atoms with Gasteiger partial charge in [-0.15, -0.1) is 0 Å². The zero-order chi connectivity index (χ0) is 19.1. The number of hydrogen-bond acceptors (Lipinski definition) is 4.